The second-order valence-corrected chi connectivity index (χ2v) is 4.62. The maximum atomic E-state index is 13.0. The quantitative estimate of drug-likeness (QED) is 0.852. The summed E-state index contributed by atoms with van der Waals surface area (Å²) < 4.78 is 13.0. The van der Waals surface area contributed by atoms with Crippen LogP contribution in [0.25, 0.3) is 0 Å². The molecule has 1 saturated heterocycles. The summed E-state index contributed by atoms with van der Waals surface area (Å²) in [5.74, 6) is 0.349. The summed E-state index contributed by atoms with van der Waals surface area (Å²) in [6.45, 7) is 2.98. The lowest BCUT2D eigenvalue weighted by molar-refractivity contribution is 0.393. The molecule has 2 nitrogen and oxygen atoms in total. The average molecular weight is 243 g/mol. The number of halogens is 2. The van der Waals surface area contributed by atoms with Gasteiger partial charge in [0.2, 0.25) is 0 Å². The van der Waals surface area contributed by atoms with E-state index in [1.807, 2.05) is 0 Å². The van der Waals surface area contributed by atoms with Crippen LogP contribution in [0.1, 0.15) is 12.8 Å². The third-order valence-electron chi connectivity index (χ3n) is 2.91. The lowest BCUT2D eigenvalue weighted by Crippen LogP contribution is -2.33. The van der Waals surface area contributed by atoms with E-state index in [1.165, 1.54) is 25.0 Å². The Labute approximate surface area is 100 Å². The molecular formula is C12H16ClFN2. The highest BCUT2D eigenvalue weighted by molar-refractivity contribution is 6.33. The SMILES string of the molecule is Fc1ccc(Cl)c(NCC2CCCNC2)c1. The van der Waals surface area contributed by atoms with Gasteiger partial charge < -0.3 is 10.6 Å². The second-order valence-electron chi connectivity index (χ2n) is 4.22. The predicted molar refractivity (Wildman–Crippen MR) is 65.5 cm³/mol. The fourth-order valence-electron chi connectivity index (χ4n) is 1.99. The molecule has 0 radical (unpaired) electrons. The van der Waals surface area contributed by atoms with Gasteiger partial charge in [-0.3, -0.25) is 0 Å². The van der Waals surface area contributed by atoms with Gasteiger partial charge in [0.05, 0.1) is 10.7 Å². The molecule has 0 saturated carbocycles. The van der Waals surface area contributed by atoms with Gasteiger partial charge in [0.25, 0.3) is 0 Å². The number of nitrogens with one attached hydrogen (secondary N) is 2. The van der Waals surface area contributed by atoms with E-state index in [4.69, 9.17) is 11.6 Å². The van der Waals surface area contributed by atoms with Crippen molar-refractivity contribution in [1.29, 1.82) is 0 Å². The molecule has 1 fully saturated rings. The smallest absolute Gasteiger partial charge is 0.125 e. The largest absolute Gasteiger partial charge is 0.383 e. The minimum Gasteiger partial charge on any atom is -0.383 e. The van der Waals surface area contributed by atoms with E-state index in [0.29, 0.717) is 16.6 Å². The van der Waals surface area contributed by atoms with Crippen molar-refractivity contribution in [1.82, 2.24) is 5.32 Å². The first-order chi connectivity index (χ1) is 7.75. The summed E-state index contributed by atoms with van der Waals surface area (Å²) in [5, 5.41) is 7.14. The molecule has 88 valence electrons. The van der Waals surface area contributed by atoms with Crippen LogP contribution in [-0.2, 0) is 0 Å². The predicted octanol–water partition coefficient (Wildman–Crippen LogP) is 2.89. The van der Waals surface area contributed by atoms with Crippen molar-refractivity contribution in [2.45, 2.75) is 12.8 Å². The van der Waals surface area contributed by atoms with Crippen molar-refractivity contribution in [2.24, 2.45) is 5.92 Å². The van der Waals surface area contributed by atoms with Crippen LogP contribution in [0.2, 0.25) is 5.02 Å². The lowest BCUT2D eigenvalue weighted by atomic mass is 10.00. The molecule has 1 aromatic rings. The fraction of sp³-hybridized carbons (Fsp3) is 0.500. The molecule has 2 rings (SSSR count). The van der Waals surface area contributed by atoms with Crippen molar-refractivity contribution in [3.8, 4) is 0 Å². The highest BCUT2D eigenvalue weighted by Gasteiger charge is 2.13. The second kappa shape index (κ2) is 5.51. The number of hydrogen-bond acceptors (Lipinski definition) is 2. The normalized spacial score (nSPS) is 20.8. The number of piperidine rings is 1. The van der Waals surface area contributed by atoms with Crippen molar-refractivity contribution in [2.75, 3.05) is 25.0 Å². The summed E-state index contributed by atoms with van der Waals surface area (Å²) in [5.41, 5.74) is 0.687. The number of rotatable bonds is 3. The molecule has 16 heavy (non-hydrogen) atoms. The topological polar surface area (TPSA) is 24.1 Å². The molecule has 1 unspecified atom stereocenters. The van der Waals surface area contributed by atoms with Gasteiger partial charge in [0.1, 0.15) is 5.82 Å². The summed E-state index contributed by atoms with van der Waals surface area (Å²) in [7, 11) is 0. The summed E-state index contributed by atoms with van der Waals surface area (Å²) >= 11 is 5.97. The minimum atomic E-state index is -0.256. The molecule has 1 heterocycles. The van der Waals surface area contributed by atoms with Crippen LogP contribution < -0.4 is 10.6 Å². The zero-order valence-electron chi connectivity index (χ0n) is 9.10. The summed E-state index contributed by atoms with van der Waals surface area (Å²) in [4.78, 5) is 0. The molecule has 1 aliphatic heterocycles. The Kier molecular flexibility index (Phi) is 4.02. The minimum absolute atomic E-state index is 0.256. The fourth-order valence-corrected chi connectivity index (χ4v) is 2.17. The Morgan fingerprint density at radius 3 is 3.12 bits per heavy atom. The molecule has 2 N–H and O–H groups in total. The van der Waals surface area contributed by atoms with Crippen molar-refractivity contribution in [3.05, 3.63) is 29.0 Å². The Balaban J connectivity index is 1.90. The van der Waals surface area contributed by atoms with Gasteiger partial charge in [-0.15, -0.1) is 0 Å². The van der Waals surface area contributed by atoms with Crippen molar-refractivity contribution >= 4 is 17.3 Å². The number of anilines is 1. The van der Waals surface area contributed by atoms with Gasteiger partial charge in [-0.05, 0) is 50.0 Å². The van der Waals surface area contributed by atoms with E-state index in [2.05, 4.69) is 10.6 Å². The van der Waals surface area contributed by atoms with Gasteiger partial charge in [-0.2, -0.15) is 0 Å². The van der Waals surface area contributed by atoms with E-state index in [9.17, 15) is 4.39 Å². The van der Waals surface area contributed by atoms with Gasteiger partial charge in [-0.25, -0.2) is 4.39 Å². The maximum Gasteiger partial charge on any atom is 0.125 e. The molecule has 0 aromatic heterocycles. The highest BCUT2D eigenvalue weighted by Crippen LogP contribution is 2.23. The summed E-state index contributed by atoms with van der Waals surface area (Å²) in [6, 6.07) is 4.40. The molecule has 4 heteroatoms. The number of hydrogen-bond donors (Lipinski definition) is 2. The molecule has 0 amide bonds. The van der Waals surface area contributed by atoms with Crippen LogP contribution in [0, 0.1) is 11.7 Å². The molecule has 1 atom stereocenters. The molecule has 0 aliphatic carbocycles. The lowest BCUT2D eigenvalue weighted by Gasteiger charge is -2.23. The van der Waals surface area contributed by atoms with Gasteiger partial charge in [0.15, 0.2) is 0 Å². The van der Waals surface area contributed by atoms with E-state index in [1.54, 1.807) is 6.07 Å². The average Bonchev–Trinajstić information content (AvgIpc) is 2.32. The molecule has 0 bridgehead atoms. The van der Waals surface area contributed by atoms with Gasteiger partial charge >= 0.3 is 0 Å². The van der Waals surface area contributed by atoms with E-state index < -0.39 is 0 Å². The Morgan fingerprint density at radius 1 is 1.50 bits per heavy atom. The third kappa shape index (κ3) is 3.09. The molecular weight excluding hydrogens is 227 g/mol. The third-order valence-corrected chi connectivity index (χ3v) is 3.24. The van der Waals surface area contributed by atoms with E-state index in [0.717, 1.165) is 19.6 Å². The molecule has 1 aliphatic rings. The van der Waals surface area contributed by atoms with Crippen molar-refractivity contribution < 1.29 is 4.39 Å². The molecule has 1 aromatic carbocycles. The zero-order valence-corrected chi connectivity index (χ0v) is 9.86. The Bertz CT molecular complexity index is 351. The first kappa shape index (κ1) is 11.7. The van der Waals surface area contributed by atoms with Crippen LogP contribution in [-0.4, -0.2) is 19.6 Å². The maximum absolute atomic E-state index is 13.0. The Morgan fingerprint density at radius 2 is 2.38 bits per heavy atom. The Hall–Kier alpha value is -0.800. The monoisotopic (exact) mass is 242 g/mol. The standard InChI is InChI=1S/C12H16ClFN2/c13-11-4-3-10(14)6-12(11)16-8-9-2-1-5-15-7-9/h3-4,6,9,15-16H,1-2,5,7-8H2. The number of benzene rings is 1. The van der Waals surface area contributed by atoms with Crippen molar-refractivity contribution in [3.63, 3.8) is 0 Å². The summed E-state index contributed by atoms with van der Waals surface area (Å²) in [6.07, 6.45) is 2.43. The zero-order chi connectivity index (χ0) is 11.4. The first-order valence-corrected chi connectivity index (χ1v) is 6.03. The molecule has 0 spiro atoms. The van der Waals surface area contributed by atoms with Gasteiger partial charge in [0, 0.05) is 6.54 Å². The van der Waals surface area contributed by atoms with Crippen LogP contribution in [0.5, 0.6) is 0 Å². The first-order valence-electron chi connectivity index (χ1n) is 5.65. The van der Waals surface area contributed by atoms with E-state index >= 15 is 0 Å². The van der Waals surface area contributed by atoms with Crippen LogP contribution in [0.4, 0.5) is 10.1 Å². The van der Waals surface area contributed by atoms with Gasteiger partial charge in [-0.1, -0.05) is 11.6 Å². The highest BCUT2D eigenvalue weighted by atomic mass is 35.5. The van der Waals surface area contributed by atoms with Crippen LogP contribution >= 0.6 is 11.6 Å². The van der Waals surface area contributed by atoms with Crippen LogP contribution in [0.15, 0.2) is 18.2 Å². The van der Waals surface area contributed by atoms with E-state index in [-0.39, 0.29) is 5.82 Å². The van der Waals surface area contributed by atoms with Crippen LogP contribution in [0.3, 0.4) is 0 Å².